The molecule has 0 amide bonds. The van der Waals surface area contributed by atoms with Crippen LogP contribution in [0.5, 0.6) is 0 Å². The molecule has 88 valence electrons. The SMILES string of the molecule is O=C(O)c1cc2nc(-c3ccccc3)[nH]c2cn1. The molecule has 2 heterocycles. The van der Waals surface area contributed by atoms with Crippen molar-refractivity contribution < 1.29 is 9.90 Å². The van der Waals surface area contributed by atoms with E-state index in [-0.39, 0.29) is 5.69 Å². The van der Waals surface area contributed by atoms with E-state index >= 15 is 0 Å². The second kappa shape index (κ2) is 3.96. The summed E-state index contributed by atoms with van der Waals surface area (Å²) in [5.74, 6) is -0.351. The van der Waals surface area contributed by atoms with Crippen LogP contribution >= 0.6 is 0 Å². The van der Waals surface area contributed by atoms with Gasteiger partial charge in [0.1, 0.15) is 11.5 Å². The maximum absolute atomic E-state index is 10.8. The average Bonchev–Trinajstić information content (AvgIpc) is 2.82. The monoisotopic (exact) mass is 239 g/mol. The summed E-state index contributed by atoms with van der Waals surface area (Å²) in [6.07, 6.45) is 1.48. The number of carboxylic acids is 1. The van der Waals surface area contributed by atoms with E-state index in [0.717, 1.165) is 11.1 Å². The fraction of sp³-hybridized carbons (Fsp3) is 0. The summed E-state index contributed by atoms with van der Waals surface area (Å²) in [5, 5.41) is 8.87. The molecule has 0 fully saturated rings. The van der Waals surface area contributed by atoms with Crippen molar-refractivity contribution >= 4 is 17.0 Å². The largest absolute Gasteiger partial charge is 0.477 e. The van der Waals surface area contributed by atoms with Gasteiger partial charge in [-0.15, -0.1) is 0 Å². The first-order valence-corrected chi connectivity index (χ1v) is 5.38. The highest BCUT2D eigenvalue weighted by atomic mass is 16.4. The van der Waals surface area contributed by atoms with Crippen LogP contribution in [-0.2, 0) is 0 Å². The van der Waals surface area contributed by atoms with Crippen LogP contribution in [0.4, 0.5) is 0 Å². The Morgan fingerprint density at radius 2 is 2.00 bits per heavy atom. The lowest BCUT2D eigenvalue weighted by molar-refractivity contribution is 0.0690. The predicted octanol–water partition coefficient (Wildman–Crippen LogP) is 2.32. The van der Waals surface area contributed by atoms with Crippen LogP contribution in [0.3, 0.4) is 0 Å². The summed E-state index contributed by atoms with van der Waals surface area (Å²) in [6.45, 7) is 0. The Kier molecular flexibility index (Phi) is 2.30. The number of benzene rings is 1. The summed E-state index contributed by atoms with van der Waals surface area (Å²) < 4.78 is 0. The fourth-order valence-electron chi connectivity index (χ4n) is 1.76. The van der Waals surface area contributed by atoms with Gasteiger partial charge in [0.15, 0.2) is 0 Å². The number of rotatable bonds is 2. The molecule has 0 bridgehead atoms. The lowest BCUT2D eigenvalue weighted by Gasteiger charge is -1.93. The predicted molar refractivity (Wildman–Crippen MR) is 66.3 cm³/mol. The van der Waals surface area contributed by atoms with Crippen LogP contribution in [0.2, 0.25) is 0 Å². The summed E-state index contributed by atoms with van der Waals surface area (Å²) in [4.78, 5) is 22.1. The third-order valence-electron chi connectivity index (χ3n) is 2.63. The Bertz CT molecular complexity index is 719. The van der Waals surface area contributed by atoms with E-state index in [9.17, 15) is 4.79 Å². The van der Waals surface area contributed by atoms with Gasteiger partial charge in [-0.1, -0.05) is 30.3 Å². The molecule has 5 heteroatoms. The van der Waals surface area contributed by atoms with Crippen molar-refractivity contribution in [3.05, 3.63) is 48.3 Å². The molecule has 0 saturated carbocycles. The van der Waals surface area contributed by atoms with E-state index in [1.54, 1.807) is 0 Å². The molecule has 18 heavy (non-hydrogen) atoms. The molecule has 0 radical (unpaired) electrons. The first kappa shape index (κ1) is 10.5. The zero-order valence-electron chi connectivity index (χ0n) is 9.29. The van der Waals surface area contributed by atoms with Crippen LogP contribution in [-0.4, -0.2) is 26.0 Å². The smallest absolute Gasteiger partial charge is 0.354 e. The highest BCUT2D eigenvalue weighted by molar-refractivity contribution is 5.90. The van der Waals surface area contributed by atoms with Gasteiger partial charge < -0.3 is 10.1 Å². The Balaban J connectivity index is 2.14. The Morgan fingerprint density at radius 1 is 1.22 bits per heavy atom. The lowest BCUT2D eigenvalue weighted by Crippen LogP contribution is -1.98. The summed E-state index contributed by atoms with van der Waals surface area (Å²) in [6, 6.07) is 11.1. The molecule has 5 nitrogen and oxygen atoms in total. The molecule has 2 N–H and O–H groups in total. The summed E-state index contributed by atoms with van der Waals surface area (Å²) >= 11 is 0. The zero-order valence-corrected chi connectivity index (χ0v) is 9.29. The van der Waals surface area contributed by atoms with E-state index in [0.29, 0.717) is 11.3 Å². The number of imidazole rings is 1. The molecular formula is C13H9N3O2. The van der Waals surface area contributed by atoms with Gasteiger partial charge in [0.05, 0.1) is 17.2 Å². The average molecular weight is 239 g/mol. The minimum absolute atomic E-state index is 0.00592. The number of pyridine rings is 1. The van der Waals surface area contributed by atoms with Gasteiger partial charge in [0, 0.05) is 5.56 Å². The van der Waals surface area contributed by atoms with Crippen LogP contribution in [0.15, 0.2) is 42.6 Å². The number of carbonyl (C=O) groups is 1. The maximum Gasteiger partial charge on any atom is 0.354 e. The van der Waals surface area contributed by atoms with E-state index < -0.39 is 5.97 Å². The second-order valence-corrected chi connectivity index (χ2v) is 3.84. The van der Waals surface area contributed by atoms with Gasteiger partial charge in [-0.05, 0) is 6.07 Å². The highest BCUT2D eigenvalue weighted by Gasteiger charge is 2.09. The summed E-state index contributed by atoms with van der Waals surface area (Å²) in [5.41, 5.74) is 2.26. The van der Waals surface area contributed by atoms with E-state index in [2.05, 4.69) is 15.0 Å². The number of fused-ring (bicyclic) bond motifs is 1. The Morgan fingerprint density at radius 3 is 2.72 bits per heavy atom. The molecule has 3 aromatic rings. The van der Waals surface area contributed by atoms with Crippen LogP contribution in [0, 0.1) is 0 Å². The van der Waals surface area contributed by atoms with Gasteiger partial charge in [0.25, 0.3) is 0 Å². The Labute approximate surface area is 102 Å². The topological polar surface area (TPSA) is 78.9 Å². The van der Waals surface area contributed by atoms with Gasteiger partial charge in [-0.3, -0.25) is 0 Å². The van der Waals surface area contributed by atoms with Gasteiger partial charge in [-0.25, -0.2) is 14.8 Å². The van der Waals surface area contributed by atoms with Gasteiger partial charge in [-0.2, -0.15) is 0 Å². The number of aromatic amines is 1. The van der Waals surface area contributed by atoms with E-state index in [1.807, 2.05) is 30.3 Å². The minimum atomic E-state index is -1.05. The number of nitrogens with zero attached hydrogens (tertiary/aromatic N) is 2. The standard InChI is InChI=1S/C13H9N3O2/c17-13(18)10-6-9-11(7-14-10)16-12(15-9)8-4-2-1-3-5-8/h1-7H,(H,15,16)(H,17,18). The van der Waals surface area contributed by atoms with Gasteiger partial charge >= 0.3 is 5.97 Å². The molecule has 0 aliphatic heterocycles. The molecule has 0 saturated heterocycles. The minimum Gasteiger partial charge on any atom is -0.477 e. The molecule has 0 aliphatic carbocycles. The number of hydrogen-bond donors (Lipinski definition) is 2. The molecule has 0 aliphatic rings. The first-order valence-electron chi connectivity index (χ1n) is 5.38. The number of aromatic nitrogens is 3. The molecule has 1 aromatic carbocycles. The quantitative estimate of drug-likeness (QED) is 0.719. The van der Waals surface area contributed by atoms with Crippen molar-refractivity contribution in [2.45, 2.75) is 0 Å². The van der Waals surface area contributed by atoms with Crippen molar-refractivity contribution in [1.82, 2.24) is 15.0 Å². The van der Waals surface area contributed by atoms with E-state index in [4.69, 9.17) is 5.11 Å². The Hall–Kier alpha value is -2.69. The highest BCUT2D eigenvalue weighted by Crippen LogP contribution is 2.19. The normalized spacial score (nSPS) is 10.7. The number of hydrogen-bond acceptors (Lipinski definition) is 3. The molecule has 0 unspecified atom stereocenters. The van der Waals surface area contributed by atoms with E-state index in [1.165, 1.54) is 12.3 Å². The van der Waals surface area contributed by atoms with Crippen molar-refractivity contribution in [1.29, 1.82) is 0 Å². The molecule has 0 atom stereocenters. The molecule has 2 aromatic heterocycles. The van der Waals surface area contributed by atoms with Crippen LogP contribution < -0.4 is 0 Å². The van der Waals surface area contributed by atoms with Gasteiger partial charge in [0.2, 0.25) is 0 Å². The van der Waals surface area contributed by atoms with Crippen molar-refractivity contribution in [2.75, 3.05) is 0 Å². The van der Waals surface area contributed by atoms with Crippen LogP contribution in [0.1, 0.15) is 10.5 Å². The van der Waals surface area contributed by atoms with Crippen molar-refractivity contribution in [2.24, 2.45) is 0 Å². The third-order valence-corrected chi connectivity index (χ3v) is 2.63. The number of carboxylic acid groups (broad SMARTS) is 1. The molecule has 3 rings (SSSR count). The maximum atomic E-state index is 10.8. The number of H-pyrrole nitrogens is 1. The second-order valence-electron chi connectivity index (χ2n) is 3.84. The lowest BCUT2D eigenvalue weighted by atomic mass is 10.2. The van der Waals surface area contributed by atoms with Crippen molar-refractivity contribution in [3.63, 3.8) is 0 Å². The van der Waals surface area contributed by atoms with Crippen molar-refractivity contribution in [3.8, 4) is 11.4 Å². The number of aromatic carboxylic acids is 1. The molecular weight excluding hydrogens is 230 g/mol. The first-order chi connectivity index (χ1) is 8.74. The molecule has 0 spiro atoms. The number of nitrogens with one attached hydrogen (secondary N) is 1. The van der Waals surface area contributed by atoms with Crippen LogP contribution in [0.25, 0.3) is 22.4 Å². The zero-order chi connectivity index (χ0) is 12.5. The fourth-order valence-corrected chi connectivity index (χ4v) is 1.76. The third kappa shape index (κ3) is 1.71. The summed E-state index contributed by atoms with van der Waals surface area (Å²) in [7, 11) is 0.